The van der Waals surface area contributed by atoms with Gasteiger partial charge in [-0.2, -0.15) is 4.98 Å². The summed E-state index contributed by atoms with van der Waals surface area (Å²) in [5.41, 5.74) is 12.2. The molecule has 0 amide bonds. The Hall–Kier alpha value is -3.30. The summed E-state index contributed by atoms with van der Waals surface area (Å²) in [7, 11) is -13.4. The number of aliphatic hydroxyl groups excluding tert-OH is 2. The Bertz CT molecular complexity index is 2160. The number of anilines is 2. The number of aliphatic hydroxyl groups is 2. The molecule has 30 heteroatoms. The van der Waals surface area contributed by atoms with Crippen molar-refractivity contribution in [2.75, 3.05) is 64.8 Å². The molecule has 5 heterocycles. The van der Waals surface area contributed by atoms with Gasteiger partial charge in [-0.1, -0.05) is 0 Å². The third kappa shape index (κ3) is 11.9. The number of rotatable bonds is 24. The van der Waals surface area contributed by atoms with Crippen LogP contribution in [0.1, 0.15) is 24.6 Å². The van der Waals surface area contributed by atoms with E-state index in [4.69, 9.17) is 58.3 Å². The monoisotopic (exact) mass is 872 g/mol. The van der Waals surface area contributed by atoms with Crippen molar-refractivity contribution in [1.29, 1.82) is 0 Å². The fraction of sp³-hybridized carbons (Fsp3) is 0.593. The Balaban J connectivity index is 1.31. The molecule has 8 atom stereocenters. The van der Waals surface area contributed by atoms with Crippen molar-refractivity contribution in [3.63, 3.8) is 0 Å². The third-order valence-corrected chi connectivity index (χ3v) is 11.0. The number of hydrogen-bond acceptors (Lipinski definition) is 21. The zero-order valence-electron chi connectivity index (χ0n) is 30.1. The lowest BCUT2D eigenvalue weighted by Gasteiger charge is -2.25. The van der Waals surface area contributed by atoms with Gasteiger partial charge >= 0.3 is 23.5 Å². The molecule has 1 saturated heterocycles. The van der Waals surface area contributed by atoms with Crippen molar-refractivity contribution < 1.29 is 75.2 Å². The summed E-state index contributed by atoms with van der Waals surface area (Å²) < 4.78 is 82.1. The van der Waals surface area contributed by atoms with E-state index in [1.165, 1.54) is 18.0 Å². The van der Waals surface area contributed by atoms with Crippen LogP contribution >= 0.6 is 23.5 Å². The van der Waals surface area contributed by atoms with E-state index in [1.54, 1.807) is 6.20 Å². The second-order valence-electron chi connectivity index (χ2n) is 12.1. The number of nitrogens with one attached hydrogen (secondary N) is 3. The van der Waals surface area contributed by atoms with E-state index < -0.39 is 79.4 Å². The topological polar surface area (TPSA) is 395 Å². The minimum atomic E-state index is -5.06. The molecule has 27 nitrogen and oxygen atoms in total. The molecule has 318 valence electrons. The van der Waals surface area contributed by atoms with E-state index in [1.807, 2.05) is 0 Å². The lowest BCUT2D eigenvalue weighted by molar-refractivity contribution is -0.0585. The van der Waals surface area contributed by atoms with Crippen molar-refractivity contribution in [3.8, 4) is 0 Å². The van der Waals surface area contributed by atoms with Crippen LogP contribution in [0.5, 0.6) is 0 Å². The van der Waals surface area contributed by atoms with Gasteiger partial charge in [-0.25, -0.2) is 28.6 Å². The van der Waals surface area contributed by atoms with Gasteiger partial charge in [0.1, 0.15) is 30.2 Å². The van der Waals surface area contributed by atoms with Gasteiger partial charge in [0.15, 0.2) is 23.2 Å². The average Bonchev–Trinajstić information content (AvgIpc) is 3.86. The van der Waals surface area contributed by atoms with Gasteiger partial charge in [0, 0.05) is 38.6 Å². The Labute approximate surface area is 321 Å². The fourth-order valence-corrected chi connectivity index (χ4v) is 7.99. The van der Waals surface area contributed by atoms with Crippen LogP contribution in [0.2, 0.25) is 0 Å². The Morgan fingerprint density at radius 3 is 2.26 bits per heavy atom. The molecule has 0 radical (unpaired) electrons. The highest BCUT2D eigenvalue weighted by Gasteiger charge is 2.51. The predicted molar refractivity (Wildman–Crippen MR) is 194 cm³/mol. The van der Waals surface area contributed by atoms with Crippen LogP contribution in [0.3, 0.4) is 0 Å². The van der Waals surface area contributed by atoms with Crippen LogP contribution in [0.25, 0.3) is 22.2 Å². The van der Waals surface area contributed by atoms with E-state index in [-0.39, 0.29) is 68.7 Å². The maximum atomic E-state index is 13.3. The number of methoxy groups -OCH3 is 1. The van der Waals surface area contributed by atoms with Crippen molar-refractivity contribution >= 4 is 57.4 Å². The minimum absolute atomic E-state index is 0.0100. The first-order valence-corrected chi connectivity index (χ1v) is 21.4. The zero-order chi connectivity index (χ0) is 41.4. The molecule has 5 unspecified atom stereocenters. The number of nitrogens with zero attached hydrogens (tertiary/aromatic N) is 5. The van der Waals surface area contributed by atoms with Gasteiger partial charge in [0.25, 0.3) is 5.56 Å². The average molecular weight is 873 g/mol. The molecule has 5 rings (SSSR count). The molecular formula is C27H43N10O17P3. The number of hydrogen-bond donors (Lipinski definition) is 10. The second kappa shape index (κ2) is 19.6. The summed E-state index contributed by atoms with van der Waals surface area (Å²) in [5.74, 6) is -0.0825. The van der Waals surface area contributed by atoms with Gasteiger partial charge in [0.2, 0.25) is 5.95 Å². The summed E-state index contributed by atoms with van der Waals surface area (Å²) >= 11 is 0. The highest BCUT2D eigenvalue weighted by atomic mass is 31.2. The number of aromatic amines is 2. The molecule has 1 aliphatic heterocycles. The Morgan fingerprint density at radius 1 is 0.930 bits per heavy atom. The number of nitrogen functional groups attached to an aromatic ring is 2. The number of nitrogens with two attached hydrogens (primary N) is 2. The van der Waals surface area contributed by atoms with E-state index in [0.29, 0.717) is 16.6 Å². The van der Waals surface area contributed by atoms with Crippen molar-refractivity contribution in [1.82, 2.24) is 39.8 Å². The summed E-state index contributed by atoms with van der Waals surface area (Å²) in [4.78, 5) is 65.2. The summed E-state index contributed by atoms with van der Waals surface area (Å²) in [6.45, 7) is -3.44. The minimum Gasteiger partial charge on any atom is -0.396 e. The van der Waals surface area contributed by atoms with Crippen LogP contribution in [0.15, 0.2) is 23.6 Å². The lowest BCUT2D eigenvalue weighted by Crippen LogP contribution is -2.38. The van der Waals surface area contributed by atoms with Crippen LogP contribution in [-0.4, -0.2) is 137 Å². The number of fused-ring (bicyclic) bond motifs is 2. The molecule has 4 aromatic rings. The van der Waals surface area contributed by atoms with Crippen LogP contribution in [-0.2, 0) is 56.9 Å². The number of H-pyrrole nitrogens is 2. The molecule has 1 fully saturated rings. The van der Waals surface area contributed by atoms with Gasteiger partial charge in [-0.05, 0) is 12.8 Å². The number of ether oxygens (including phenoxy) is 2. The van der Waals surface area contributed by atoms with Gasteiger partial charge < -0.3 is 56.1 Å². The van der Waals surface area contributed by atoms with Crippen LogP contribution in [0.4, 0.5) is 11.8 Å². The highest BCUT2D eigenvalue weighted by Crippen LogP contribution is 2.51. The quantitative estimate of drug-likeness (QED) is 0.0303. The zero-order valence-corrected chi connectivity index (χ0v) is 32.7. The normalized spacial score (nSPS) is 22.4. The first kappa shape index (κ1) is 44.8. The number of aromatic nitrogens is 7. The SMILES string of the molecule is CO[C@H]1C(OP(=O)(O)OCCCO)[C@@H](COP(=O)(O)OCC(COP(=O)(O)OCCCO)NCc2c[nH]c3c(N)ncnc23)O[C@H]1n1cnc2c(=O)[nH]c(N)nc21. The summed E-state index contributed by atoms with van der Waals surface area (Å²) in [6.07, 6.45) is -1.63. The summed E-state index contributed by atoms with van der Waals surface area (Å²) in [5, 5.41) is 21.0. The van der Waals surface area contributed by atoms with Gasteiger partial charge in [-0.15, -0.1) is 0 Å². The maximum absolute atomic E-state index is 13.3. The highest BCUT2D eigenvalue weighted by molar-refractivity contribution is 7.48. The van der Waals surface area contributed by atoms with E-state index >= 15 is 0 Å². The van der Waals surface area contributed by atoms with Crippen LogP contribution < -0.4 is 22.3 Å². The molecule has 0 bridgehead atoms. The molecule has 0 aliphatic carbocycles. The third-order valence-electron chi connectivity index (χ3n) is 8.08. The smallest absolute Gasteiger partial charge is 0.396 e. The molecule has 0 aromatic carbocycles. The molecule has 1 aliphatic rings. The number of phosphoric acid groups is 3. The van der Waals surface area contributed by atoms with E-state index in [9.17, 15) is 33.2 Å². The summed E-state index contributed by atoms with van der Waals surface area (Å²) in [6, 6.07) is -1.09. The van der Waals surface area contributed by atoms with Gasteiger partial charge in [-0.3, -0.25) is 41.5 Å². The molecule has 57 heavy (non-hydrogen) atoms. The maximum Gasteiger partial charge on any atom is 0.472 e. The predicted octanol–water partition coefficient (Wildman–Crippen LogP) is -0.840. The Kier molecular flexibility index (Phi) is 15.4. The molecular weight excluding hydrogens is 829 g/mol. The largest absolute Gasteiger partial charge is 0.472 e. The Morgan fingerprint density at radius 2 is 1.60 bits per heavy atom. The van der Waals surface area contributed by atoms with Crippen molar-refractivity contribution in [2.45, 2.75) is 50.0 Å². The second-order valence-corrected chi connectivity index (χ2v) is 16.4. The van der Waals surface area contributed by atoms with E-state index in [2.05, 4.69) is 35.2 Å². The molecule has 12 N–H and O–H groups in total. The molecule has 0 spiro atoms. The van der Waals surface area contributed by atoms with Crippen molar-refractivity contribution in [3.05, 3.63) is 34.8 Å². The number of imidazole rings is 1. The molecule has 4 aromatic heterocycles. The van der Waals surface area contributed by atoms with Gasteiger partial charge in [0.05, 0.1) is 50.9 Å². The lowest BCUT2D eigenvalue weighted by atomic mass is 10.1. The first-order valence-electron chi connectivity index (χ1n) is 16.9. The fourth-order valence-electron chi connectivity index (χ4n) is 5.42. The van der Waals surface area contributed by atoms with Crippen molar-refractivity contribution in [2.24, 2.45) is 0 Å². The van der Waals surface area contributed by atoms with E-state index in [0.717, 1.165) is 6.33 Å². The van der Waals surface area contributed by atoms with Crippen LogP contribution in [0, 0.1) is 0 Å². The standard InChI is InChI=1S/C27H43N10O17P3/c1-47-22-21(54-57(45,46)49-7-3-5-39)17(53-26(22)37-14-34-20-24(37)35-27(29)36-25(20)40)12-52-56(43,44)51-11-16(10-50-55(41,42)48-6-2-4-38)30-8-15-9-31-19-18(15)32-13-33-23(19)28/h9,13-14,16-17,21-22,26,30-31,38-39H,2-8,10-12H2,1H3,(H,41,42)(H,43,44)(H,45,46)(H2,28,32,33)(H3,29,35,36,40)/t16?,17-,21?,22+,26-/m1/s1. The number of phosphoric ester groups is 3. The first-order chi connectivity index (χ1) is 27.1. The molecule has 0 saturated carbocycles.